The Balaban J connectivity index is 2.54. The Bertz CT molecular complexity index is 529. The molecule has 0 saturated carbocycles. The molecular formula is C12H18N2O4S2. The van der Waals surface area contributed by atoms with Crippen LogP contribution < -0.4 is 15.2 Å². The monoisotopic (exact) mass is 318 g/mol. The van der Waals surface area contributed by atoms with Gasteiger partial charge in [-0.05, 0) is 31.2 Å². The van der Waals surface area contributed by atoms with Gasteiger partial charge < -0.3 is 15.2 Å². The van der Waals surface area contributed by atoms with Gasteiger partial charge in [-0.1, -0.05) is 12.2 Å². The fraction of sp³-hybridized carbons (Fsp3) is 0.417. The number of anilines is 1. The first kappa shape index (κ1) is 16.7. The number of nitrogens with one attached hydrogen (secondary N) is 1. The van der Waals surface area contributed by atoms with Crippen LogP contribution in [0.1, 0.15) is 6.92 Å². The molecule has 1 aromatic rings. The fourth-order valence-electron chi connectivity index (χ4n) is 1.32. The van der Waals surface area contributed by atoms with Crippen molar-refractivity contribution in [1.29, 1.82) is 0 Å². The number of benzene rings is 1. The highest BCUT2D eigenvalue weighted by molar-refractivity contribution is 7.92. The summed E-state index contributed by atoms with van der Waals surface area (Å²) in [6.07, 6.45) is 0. The van der Waals surface area contributed by atoms with Crippen LogP contribution in [0.2, 0.25) is 0 Å². The smallest absolute Gasteiger partial charge is 0.234 e. The van der Waals surface area contributed by atoms with E-state index in [2.05, 4.69) is 4.72 Å². The van der Waals surface area contributed by atoms with E-state index in [-0.39, 0.29) is 24.0 Å². The molecule has 0 aliphatic carbocycles. The lowest BCUT2D eigenvalue weighted by Crippen LogP contribution is -2.20. The van der Waals surface area contributed by atoms with E-state index in [1.807, 2.05) is 6.92 Å². The van der Waals surface area contributed by atoms with Crippen molar-refractivity contribution in [3.8, 4) is 5.75 Å². The van der Waals surface area contributed by atoms with E-state index in [1.54, 1.807) is 24.3 Å². The van der Waals surface area contributed by atoms with Crippen molar-refractivity contribution in [3.63, 3.8) is 0 Å². The number of hydrogen-bond acceptors (Lipinski definition) is 5. The van der Waals surface area contributed by atoms with Gasteiger partial charge >= 0.3 is 0 Å². The highest BCUT2D eigenvalue weighted by Gasteiger charge is 2.10. The molecule has 0 aromatic heterocycles. The van der Waals surface area contributed by atoms with Gasteiger partial charge in [0.05, 0.1) is 12.4 Å². The molecular weight excluding hydrogens is 300 g/mol. The number of thiocarbonyl (C=S) groups is 1. The first-order valence-electron chi connectivity index (χ1n) is 6.02. The maximum absolute atomic E-state index is 11.7. The third-order valence-corrected chi connectivity index (χ3v) is 3.58. The van der Waals surface area contributed by atoms with E-state index in [9.17, 15) is 8.42 Å². The Hall–Kier alpha value is -1.38. The van der Waals surface area contributed by atoms with Crippen LogP contribution in [0.3, 0.4) is 0 Å². The zero-order chi connectivity index (χ0) is 15.0. The highest BCUT2D eigenvalue weighted by atomic mass is 32.2. The normalized spacial score (nSPS) is 11.1. The van der Waals surface area contributed by atoms with Crippen LogP contribution in [-0.4, -0.2) is 39.0 Å². The van der Waals surface area contributed by atoms with Gasteiger partial charge in [-0.3, -0.25) is 4.72 Å². The van der Waals surface area contributed by atoms with Crippen LogP contribution in [0.15, 0.2) is 24.3 Å². The molecule has 0 aliphatic heterocycles. The molecule has 112 valence electrons. The number of rotatable bonds is 9. The van der Waals surface area contributed by atoms with Gasteiger partial charge in [0.1, 0.15) is 17.3 Å². The van der Waals surface area contributed by atoms with Gasteiger partial charge in [-0.25, -0.2) is 8.42 Å². The first-order valence-corrected chi connectivity index (χ1v) is 8.08. The van der Waals surface area contributed by atoms with Gasteiger partial charge in [-0.2, -0.15) is 0 Å². The molecule has 0 fully saturated rings. The van der Waals surface area contributed by atoms with Crippen LogP contribution in [0.5, 0.6) is 5.75 Å². The Kier molecular flexibility index (Phi) is 6.69. The largest absolute Gasteiger partial charge is 0.487 e. The average Bonchev–Trinajstić information content (AvgIpc) is 2.37. The van der Waals surface area contributed by atoms with E-state index in [0.29, 0.717) is 18.0 Å². The molecule has 0 atom stereocenters. The first-order chi connectivity index (χ1) is 9.43. The SMILES string of the molecule is CCOCCS(=O)(=O)Nc1ccc(OCC(N)=S)cc1. The molecule has 0 amide bonds. The number of sulfonamides is 1. The summed E-state index contributed by atoms with van der Waals surface area (Å²) < 4.78 is 36.2. The molecule has 0 unspecified atom stereocenters. The van der Waals surface area contributed by atoms with E-state index in [1.165, 1.54) is 0 Å². The second-order valence-corrected chi connectivity index (χ2v) is 6.26. The third-order valence-electron chi connectivity index (χ3n) is 2.21. The second kappa shape index (κ2) is 8.03. The molecule has 6 nitrogen and oxygen atoms in total. The summed E-state index contributed by atoms with van der Waals surface area (Å²) in [5.41, 5.74) is 5.78. The lowest BCUT2D eigenvalue weighted by atomic mass is 10.3. The van der Waals surface area contributed by atoms with Crippen molar-refractivity contribution in [2.75, 3.05) is 30.3 Å². The lowest BCUT2D eigenvalue weighted by molar-refractivity contribution is 0.163. The zero-order valence-corrected chi connectivity index (χ0v) is 12.8. The van der Waals surface area contributed by atoms with Crippen LogP contribution in [-0.2, 0) is 14.8 Å². The zero-order valence-electron chi connectivity index (χ0n) is 11.2. The van der Waals surface area contributed by atoms with Crippen molar-refractivity contribution in [2.24, 2.45) is 5.73 Å². The van der Waals surface area contributed by atoms with Crippen molar-refractivity contribution in [3.05, 3.63) is 24.3 Å². The molecule has 0 heterocycles. The van der Waals surface area contributed by atoms with E-state index in [4.69, 9.17) is 27.4 Å². The summed E-state index contributed by atoms with van der Waals surface area (Å²) >= 11 is 4.69. The molecule has 20 heavy (non-hydrogen) atoms. The molecule has 8 heteroatoms. The topological polar surface area (TPSA) is 90.7 Å². The second-order valence-electron chi connectivity index (χ2n) is 3.90. The predicted octanol–water partition coefficient (Wildman–Crippen LogP) is 1.13. The molecule has 0 aliphatic rings. The highest BCUT2D eigenvalue weighted by Crippen LogP contribution is 2.16. The minimum atomic E-state index is -3.40. The van der Waals surface area contributed by atoms with Gasteiger partial charge in [0.2, 0.25) is 10.0 Å². The minimum Gasteiger partial charge on any atom is -0.487 e. The van der Waals surface area contributed by atoms with Crippen molar-refractivity contribution in [1.82, 2.24) is 0 Å². The Morgan fingerprint density at radius 3 is 2.55 bits per heavy atom. The maximum atomic E-state index is 11.7. The molecule has 3 N–H and O–H groups in total. The van der Waals surface area contributed by atoms with Gasteiger partial charge in [0, 0.05) is 12.3 Å². The number of ether oxygens (including phenoxy) is 2. The minimum absolute atomic E-state index is 0.0828. The van der Waals surface area contributed by atoms with Crippen LogP contribution in [0, 0.1) is 0 Å². The molecule has 1 aromatic carbocycles. The van der Waals surface area contributed by atoms with Crippen molar-refractivity contribution in [2.45, 2.75) is 6.92 Å². The standard InChI is InChI=1S/C12H18N2O4S2/c1-2-17-7-8-20(15,16)14-10-3-5-11(6-4-10)18-9-12(13)19/h3-6,14H,2,7-9H2,1H3,(H2,13,19). The Labute approximate surface area is 124 Å². The van der Waals surface area contributed by atoms with Gasteiger partial charge in [-0.15, -0.1) is 0 Å². The van der Waals surface area contributed by atoms with E-state index in [0.717, 1.165) is 0 Å². The number of hydrogen-bond donors (Lipinski definition) is 2. The Morgan fingerprint density at radius 2 is 2.00 bits per heavy atom. The molecule has 0 saturated heterocycles. The number of nitrogens with two attached hydrogens (primary N) is 1. The van der Waals surface area contributed by atoms with Crippen molar-refractivity contribution < 1.29 is 17.9 Å². The Morgan fingerprint density at radius 1 is 1.35 bits per heavy atom. The quantitative estimate of drug-likeness (QED) is 0.524. The van der Waals surface area contributed by atoms with Crippen LogP contribution in [0.4, 0.5) is 5.69 Å². The van der Waals surface area contributed by atoms with Gasteiger partial charge in [0.25, 0.3) is 0 Å². The van der Waals surface area contributed by atoms with E-state index >= 15 is 0 Å². The average molecular weight is 318 g/mol. The summed E-state index contributed by atoms with van der Waals surface area (Å²) in [6, 6.07) is 6.48. The predicted molar refractivity (Wildman–Crippen MR) is 82.6 cm³/mol. The summed E-state index contributed by atoms with van der Waals surface area (Å²) in [5.74, 6) is 0.482. The summed E-state index contributed by atoms with van der Waals surface area (Å²) in [4.78, 5) is 0.255. The maximum Gasteiger partial charge on any atom is 0.234 e. The molecule has 0 bridgehead atoms. The lowest BCUT2D eigenvalue weighted by Gasteiger charge is -2.09. The molecule has 1 rings (SSSR count). The fourth-order valence-corrected chi connectivity index (χ4v) is 2.31. The van der Waals surface area contributed by atoms with Crippen molar-refractivity contribution >= 4 is 32.9 Å². The summed E-state index contributed by atoms with van der Waals surface area (Å²) in [6.45, 7) is 2.62. The summed E-state index contributed by atoms with van der Waals surface area (Å²) in [7, 11) is -3.40. The summed E-state index contributed by atoms with van der Waals surface area (Å²) in [5, 5.41) is 0. The van der Waals surface area contributed by atoms with Crippen LogP contribution in [0.25, 0.3) is 0 Å². The van der Waals surface area contributed by atoms with E-state index < -0.39 is 10.0 Å². The molecule has 0 spiro atoms. The van der Waals surface area contributed by atoms with Crippen LogP contribution >= 0.6 is 12.2 Å². The third kappa shape index (κ3) is 6.69. The van der Waals surface area contributed by atoms with Gasteiger partial charge in [0.15, 0.2) is 0 Å². The molecule has 0 radical (unpaired) electrons.